The normalized spacial score (nSPS) is 31.1. The van der Waals surface area contributed by atoms with Gasteiger partial charge in [0.1, 0.15) is 0 Å². The molecule has 1 aromatic heterocycles. The van der Waals surface area contributed by atoms with Gasteiger partial charge in [0.15, 0.2) is 0 Å². The molecule has 1 aliphatic carbocycles. The summed E-state index contributed by atoms with van der Waals surface area (Å²) < 4.78 is 0. The third-order valence-corrected chi connectivity index (χ3v) is 4.26. The summed E-state index contributed by atoms with van der Waals surface area (Å²) in [6, 6.07) is 2.21. The number of hydrazine groups is 1. The maximum Gasteiger partial charge on any atom is 0.0544 e. The Hall–Kier alpha value is -1.00. The first-order chi connectivity index (χ1) is 8.22. The average molecular weight is 234 g/mol. The van der Waals surface area contributed by atoms with Crippen molar-refractivity contribution >= 4 is 0 Å². The molecule has 1 saturated carbocycles. The Balaban J connectivity index is 2.09. The largest absolute Gasteiger partial charge is 0.271 e. The summed E-state index contributed by atoms with van der Waals surface area (Å²) in [5.74, 6) is 7.94. The van der Waals surface area contributed by atoms with Gasteiger partial charge in [-0.25, -0.2) is 0 Å². The molecule has 0 bridgehead atoms. The molecule has 1 fully saturated rings. The lowest BCUT2D eigenvalue weighted by atomic mass is 9.72. The van der Waals surface area contributed by atoms with Crippen molar-refractivity contribution in [1.82, 2.24) is 15.6 Å². The minimum absolute atomic E-state index is 0.209. The fourth-order valence-corrected chi connectivity index (χ4v) is 2.88. The number of nitrogens with zero attached hydrogens (tertiary/aromatic N) is 2. The van der Waals surface area contributed by atoms with Crippen LogP contribution in [-0.4, -0.2) is 10.2 Å². The summed E-state index contributed by atoms with van der Waals surface area (Å²) in [6.07, 6.45) is 7.31. The van der Waals surface area contributed by atoms with Crippen LogP contribution in [0.25, 0.3) is 0 Å². The molecule has 0 spiro atoms. The number of nitrogens with one attached hydrogen (secondary N) is 1. The van der Waals surface area contributed by atoms with Crippen LogP contribution in [0.3, 0.4) is 0 Å². The smallest absolute Gasteiger partial charge is 0.0544 e. The van der Waals surface area contributed by atoms with Crippen LogP contribution in [0.15, 0.2) is 18.5 Å². The molecule has 4 nitrogen and oxygen atoms in total. The van der Waals surface area contributed by atoms with E-state index in [0.717, 1.165) is 17.4 Å². The number of hydrogen-bond acceptors (Lipinski definition) is 4. The molecule has 1 heterocycles. The van der Waals surface area contributed by atoms with Crippen molar-refractivity contribution in [1.29, 1.82) is 0 Å². The highest BCUT2D eigenvalue weighted by Gasteiger charge is 2.30. The molecule has 1 aliphatic rings. The highest BCUT2D eigenvalue weighted by molar-refractivity contribution is 5.13. The van der Waals surface area contributed by atoms with Gasteiger partial charge < -0.3 is 0 Å². The van der Waals surface area contributed by atoms with E-state index in [1.54, 1.807) is 6.20 Å². The Bertz CT molecular complexity index is 341. The molecular formula is C13H22N4. The van der Waals surface area contributed by atoms with Crippen molar-refractivity contribution < 1.29 is 0 Å². The predicted octanol–water partition coefficient (Wildman–Crippen LogP) is 2.05. The van der Waals surface area contributed by atoms with Crippen molar-refractivity contribution in [2.45, 2.75) is 39.2 Å². The van der Waals surface area contributed by atoms with Gasteiger partial charge >= 0.3 is 0 Å². The van der Waals surface area contributed by atoms with Crippen LogP contribution in [0, 0.1) is 17.8 Å². The van der Waals surface area contributed by atoms with E-state index in [1.807, 2.05) is 12.3 Å². The minimum atomic E-state index is 0.209. The standard InChI is InChI=1S/C13H22N4/c1-9-3-4-11(7-10(9)2)13(17-14)12-5-6-15-16-8-12/h5-6,8-11,13,17H,3-4,7,14H2,1-2H3. The molecule has 4 unspecified atom stereocenters. The minimum Gasteiger partial charge on any atom is -0.271 e. The van der Waals surface area contributed by atoms with Crippen LogP contribution >= 0.6 is 0 Å². The number of aromatic nitrogens is 2. The summed E-state index contributed by atoms with van der Waals surface area (Å²) >= 11 is 0. The molecule has 0 aliphatic heterocycles. The molecule has 0 aromatic carbocycles. The lowest BCUT2D eigenvalue weighted by Gasteiger charge is -2.36. The Morgan fingerprint density at radius 2 is 2.12 bits per heavy atom. The van der Waals surface area contributed by atoms with Crippen molar-refractivity contribution in [2.75, 3.05) is 0 Å². The van der Waals surface area contributed by atoms with Crippen LogP contribution in [0.1, 0.15) is 44.7 Å². The lowest BCUT2D eigenvalue weighted by molar-refractivity contribution is 0.171. The first kappa shape index (κ1) is 12.5. The molecule has 17 heavy (non-hydrogen) atoms. The first-order valence-corrected chi connectivity index (χ1v) is 6.45. The van der Waals surface area contributed by atoms with Crippen molar-refractivity contribution in [3.8, 4) is 0 Å². The third-order valence-electron chi connectivity index (χ3n) is 4.26. The number of hydrogen-bond donors (Lipinski definition) is 2. The highest BCUT2D eigenvalue weighted by atomic mass is 15.2. The summed E-state index contributed by atoms with van der Waals surface area (Å²) in [6.45, 7) is 4.69. The van der Waals surface area contributed by atoms with Crippen LogP contribution in [-0.2, 0) is 0 Å². The Morgan fingerprint density at radius 1 is 1.29 bits per heavy atom. The maximum atomic E-state index is 5.72. The Kier molecular flexibility index (Phi) is 4.07. The van der Waals surface area contributed by atoms with E-state index in [2.05, 4.69) is 29.5 Å². The van der Waals surface area contributed by atoms with E-state index in [0.29, 0.717) is 5.92 Å². The summed E-state index contributed by atoms with van der Waals surface area (Å²) in [7, 11) is 0. The van der Waals surface area contributed by atoms with Crippen LogP contribution in [0.5, 0.6) is 0 Å². The number of nitrogens with two attached hydrogens (primary N) is 1. The lowest BCUT2D eigenvalue weighted by Crippen LogP contribution is -2.37. The molecule has 3 N–H and O–H groups in total. The summed E-state index contributed by atoms with van der Waals surface area (Å²) in [5.41, 5.74) is 4.10. The SMILES string of the molecule is CC1CCC(C(NN)c2ccnnc2)CC1C. The average Bonchev–Trinajstić information content (AvgIpc) is 2.36. The molecule has 4 atom stereocenters. The van der Waals surface area contributed by atoms with Crippen molar-refractivity contribution in [2.24, 2.45) is 23.6 Å². The fourth-order valence-electron chi connectivity index (χ4n) is 2.88. The molecule has 94 valence electrons. The molecule has 2 rings (SSSR count). The van der Waals surface area contributed by atoms with E-state index < -0.39 is 0 Å². The van der Waals surface area contributed by atoms with Crippen molar-refractivity contribution in [3.63, 3.8) is 0 Å². The van der Waals surface area contributed by atoms with Gasteiger partial charge in [0.25, 0.3) is 0 Å². The fraction of sp³-hybridized carbons (Fsp3) is 0.692. The van der Waals surface area contributed by atoms with E-state index in [1.165, 1.54) is 19.3 Å². The zero-order valence-electron chi connectivity index (χ0n) is 10.6. The molecule has 0 saturated heterocycles. The highest BCUT2D eigenvalue weighted by Crippen LogP contribution is 2.39. The van der Waals surface area contributed by atoms with Crippen LogP contribution < -0.4 is 11.3 Å². The summed E-state index contributed by atoms with van der Waals surface area (Å²) in [5, 5.41) is 7.75. The first-order valence-electron chi connectivity index (χ1n) is 6.45. The second kappa shape index (κ2) is 5.56. The van der Waals surface area contributed by atoms with Gasteiger partial charge in [-0.1, -0.05) is 20.3 Å². The van der Waals surface area contributed by atoms with Gasteiger partial charge in [0.05, 0.1) is 12.2 Å². The maximum absolute atomic E-state index is 5.72. The van der Waals surface area contributed by atoms with E-state index in [-0.39, 0.29) is 6.04 Å². The van der Waals surface area contributed by atoms with Gasteiger partial charge in [-0.3, -0.25) is 11.3 Å². The van der Waals surface area contributed by atoms with Gasteiger partial charge in [0, 0.05) is 6.20 Å². The van der Waals surface area contributed by atoms with E-state index in [4.69, 9.17) is 5.84 Å². The molecule has 4 heteroatoms. The second-order valence-electron chi connectivity index (χ2n) is 5.35. The molecular weight excluding hydrogens is 212 g/mol. The van der Waals surface area contributed by atoms with E-state index >= 15 is 0 Å². The zero-order chi connectivity index (χ0) is 12.3. The zero-order valence-corrected chi connectivity index (χ0v) is 10.6. The molecule has 0 amide bonds. The monoisotopic (exact) mass is 234 g/mol. The van der Waals surface area contributed by atoms with Gasteiger partial charge in [-0.05, 0) is 42.2 Å². The predicted molar refractivity (Wildman–Crippen MR) is 67.8 cm³/mol. The Morgan fingerprint density at radius 3 is 2.71 bits per heavy atom. The molecule has 1 aromatic rings. The van der Waals surface area contributed by atoms with Gasteiger partial charge in [-0.2, -0.15) is 10.2 Å². The van der Waals surface area contributed by atoms with Gasteiger partial charge in [-0.15, -0.1) is 0 Å². The molecule has 0 radical (unpaired) electrons. The van der Waals surface area contributed by atoms with Gasteiger partial charge in [0.2, 0.25) is 0 Å². The topological polar surface area (TPSA) is 63.8 Å². The Labute approximate surface area is 103 Å². The number of rotatable bonds is 3. The summed E-state index contributed by atoms with van der Waals surface area (Å²) in [4.78, 5) is 0. The van der Waals surface area contributed by atoms with Crippen LogP contribution in [0.4, 0.5) is 0 Å². The quantitative estimate of drug-likeness (QED) is 0.620. The second-order valence-corrected chi connectivity index (χ2v) is 5.35. The third kappa shape index (κ3) is 2.82. The van der Waals surface area contributed by atoms with Crippen molar-refractivity contribution in [3.05, 3.63) is 24.0 Å². The van der Waals surface area contributed by atoms with E-state index in [9.17, 15) is 0 Å². The van der Waals surface area contributed by atoms with Crippen LogP contribution in [0.2, 0.25) is 0 Å².